The predicted octanol–water partition coefficient (Wildman–Crippen LogP) is 6.72. The number of imide groups is 1. The summed E-state index contributed by atoms with van der Waals surface area (Å²) in [5.74, 6) is -0.655. The molecule has 0 saturated heterocycles. The molecule has 9 heteroatoms. The number of carbonyl (C=O) groups is 2. The van der Waals surface area contributed by atoms with E-state index in [0.717, 1.165) is 43.5 Å². The first-order valence-electron chi connectivity index (χ1n) is 14.4. The average Bonchev–Trinajstić information content (AvgIpc) is 3.46. The van der Waals surface area contributed by atoms with E-state index < -0.39 is 11.1 Å². The number of hydrogen-bond acceptors (Lipinski definition) is 6. The number of rotatable bonds is 4. The smallest absolute Gasteiger partial charge is 0.262 e. The summed E-state index contributed by atoms with van der Waals surface area (Å²) in [6.07, 6.45) is 2.33. The van der Waals surface area contributed by atoms with Gasteiger partial charge in [-0.25, -0.2) is 9.97 Å². The Balaban J connectivity index is 1.28. The molecule has 1 aliphatic heterocycles. The fourth-order valence-electron chi connectivity index (χ4n) is 6.94. The number of fused-ring (bicyclic) bond motifs is 4. The van der Waals surface area contributed by atoms with Crippen molar-refractivity contribution < 1.29 is 14.7 Å². The number of aryl methyl sites for hydroxylation is 1. The molecular formula is C35H26BrN5O3. The topological polar surface area (TPSA) is 101 Å². The average molecular weight is 645 g/mol. The van der Waals surface area contributed by atoms with Crippen LogP contribution in [0.25, 0.3) is 39.1 Å². The van der Waals surface area contributed by atoms with E-state index in [9.17, 15) is 14.7 Å². The highest BCUT2D eigenvalue weighted by molar-refractivity contribution is 9.10. The van der Waals surface area contributed by atoms with E-state index in [1.165, 1.54) is 4.90 Å². The van der Waals surface area contributed by atoms with Gasteiger partial charge < -0.3 is 5.11 Å². The first-order chi connectivity index (χ1) is 21.2. The van der Waals surface area contributed by atoms with Crippen molar-refractivity contribution in [2.24, 2.45) is 0 Å². The normalized spacial score (nSPS) is 21.2. The second-order valence-electron chi connectivity index (χ2n) is 12.0. The van der Waals surface area contributed by atoms with Gasteiger partial charge in [-0.3, -0.25) is 14.5 Å². The fourth-order valence-corrected chi connectivity index (χ4v) is 7.29. The standard InChI is InChI=1S/C35H26BrN5O3/c1-20-28(36)31-37-17-23-16-27(21-8-4-3-5-9-21)29(38-30(23)41(31)39-20)22-12-14-24(15-13-22)35(18-34(2,44)19-35)40-32(42)25-10-6-7-11-26(25)33(40)43/h3-17,44H,18-19H2,1-2H3/t34-,35-. The maximum atomic E-state index is 13.6. The first kappa shape index (κ1) is 26.9. The lowest BCUT2D eigenvalue weighted by Gasteiger charge is -2.55. The third-order valence-electron chi connectivity index (χ3n) is 8.87. The number of amides is 2. The van der Waals surface area contributed by atoms with Crippen molar-refractivity contribution >= 4 is 44.4 Å². The Morgan fingerprint density at radius 2 is 1.45 bits per heavy atom. The Morgan fingerprint density at radius 1 is 0.818 bits per heavy atom. The molecule has 6 aromatic rings. The highest BCUT2D eigenvalue weighted by atomic mass is 79.9. The SMILES string of the molecule is Cc1nn2c(ncc3cc(-c4ccccc4)c(-c4ccc([C@]5(N6C(=O)c7ccccc7C6=O)C[C@](C)(O)C5)cc4)nc32)c1Br. The minimum atomic E-state index is -0.996. The second kappa shape index (κ2) is 9.38. The molecule has 216 valence electrons. The largest absolute Gasteiger partial charge is 0.390 e. The molecule has 0 bridgehead atoms. The van der Waals surface area contributed by atoms with E-state index >= 15 is 0 Å². The summed E-state index contributed by atoms with van der Waals surface area (Å²) in [6.45, 7) is 3.67. The van der Waals surface area contributed by atoms with Gasteiger partial charge in [0.05, 0.1) is 38.1 Å². The van der Waals surface area contributed by atoms with E-state index in [0.29, 0.717) is 22.4 Å². The van der Waals surface area contributed by atoms with Crippen LogP contribution in [0.3, 0.4) is 0 Å². The second-order valence-corrected chi connectivity index (χ2v) is 12.8. The van der Waals surface area contributed by atoms with Crippen molar-refractivity contribution in [1.29, 1.82) is 0 Å². The summed E-state index contributed by atoms with van der Waals surface area (Å²) < 4.78 is 2.59. The van der Waals surface area contributed by atoms with E-state index in [4.69, 9.17) is 4.98 Å². The van der Waals surface area contributed by atoms with Gasteiger partial charge in [0.15, 0.2) is 11.3 Å². The number of aliphatic hydroxyl groups is 1. The zero-order chi connectivity index (χ0) is 30.4. The van der Waals surface area contributed by atoms with Crippen molar-refractivity contribution in [1.82, 2.24) is 24.5 Å². The number of hydrogen-bond donors (Lipinski definition) is 1. The monoisotopic (exact) mass is 643 g/mol. The van der Waals surface area contributed by atoms with Crippen molar-refractivity contribution in [3.05, 3.63) is 118 Å². The van der Waals surface area contributed by atoms with Crippen LogP contribution in [0, 0.1) is 6.92 Å². The quantitative estimate of drug-likeness (QED) is 0.214. The molecule has 1 fully saturated rings. The molecule has 0 atom stereocenters. The number of pyridine rings is 1. The van der Waals surface area contributed by atoms with E-state index in [1.54, 1.807) is 35.7 Å². The van der Waals surface area contributed by atoms with Crippen molar-refractivity contribution in [2.45, 2.75) is 37.8 Å². The van der Waals surface area contributed by atoms with Gasteiger partial charge in [0.2, 0.25) is 0 Å². The van der Waals surface area contributed by atoms with Crippen LogP contribution in [0.1, 0.15) is 51.7 Å². The van der Waals surface area contributed by atoms with Crippen LogP contribution in [0.4, 0.5) is 0 Å². The molecule has 1 N–H and O–H groups in total. The van der Waals surface area contributed by atoms with Crippen molar-refractivity contribution in [3.8, 4) is 22.4 Å². The Hall–Kier alpha value is -4.73. The number of carbonyl (C=O) groups excluding carboxylic acids is 2. The minimum absolute atomic E-state index is 0.257. The lowest BCUT2D eigenvalue weighted by Crippen LogP contribution is -2.63. The molecule has 4 heterocycles. The van der Waals surface area contributed by atoms with Crippen molar-refractivity contribution in [3.63, 3.8) is 0 Å². The Labute approximate surface area is 261 Å². The van der Waals surface area contributed by atoms with Crippen LogP contribution in [-0.4, -0.2) is 47.0 Å². The van der Waals surface area contributed by atoms with Crippen LogP contribution < -0.4 is 0 Å². The van der Waals surface area contributed by atoms with Crippen LogP contribution >= 0.6 is 15.9 Å². The van der Waals surface area contributed by atoms with Gasteiger partial charge in [0.1, 0.15) is 0 Å². The lowest BCUT2D eigenvalue weighted by atomic mass is 9.61. The summed E-state index contributed by atoms with van der Waals surface area (Å²) in [4.78, 5) is 38.3. The fraction of sp³-hybridized carbons (Fsp3) is 0.171. The zero-order valence-electron chi connectivity index (χ0n) is 24.0. The summed E-state index contributed by atoms with van der Waals surface area (Å²) in [6, 6.07) is 26.9. The van der Waals surface area contributed by atoms with Gasteiger partial charge in [0.25, 0.3) is 11.8 Å². The lowest BCUT2D eigenvalue weighted by molar-refractivity contribution is -0.118. The van der Waals surface area contributed by atoms with Gasteiger partial charge in [-0.1, -0.05) is 66.7 Å². The molecule has 0 radical (unpaired) electrons. The maximum absolute atomic E-state index is 13.6. The molecule has 8 nitrogen and oxygen atoms in total. The highest BCUT2D eigenvalue weighted by Gasteiger charge is 2.60. The zero-order valence-corrected chi connectivity index (χ0v) is 25.5. The first-order valence-corrected chi connectivity index (χ1v) is 15.2. The number of benzene rings is 3. The number of halogens is 1. The van der Waals surface area contributed by atoms with Crippen LogP contribution in [0.2, 0.25) is 0 Å². The Kier molecular flexibility index (Phi) is 5.73. The molecular weight excluding hydrogens is 618 g/mol. The summed E-state index contributed by atoms with van der Waals surface area (Å²) in [7, 11) is 0. The third kappa shape index (κ3) is 3.82. The van der Waals surface area contributed by atoms with Gasteiger partial charge in [-0.05, 0) is 59.1 Å². The Morgan fingerprint density at radius 3 is 2.09 bits per heavy atom. The number of aromatic nitrogens is 4. The van der Waals surface area contributed by atoms with Crippen LogP contribution in [0.5, 0.6) is 0 Å². The van der Waals surface area contributed by atoms with Crippen LogP contribution in [0.15, 0.2) is 95.6 Å². The van der Waals surface area contributed by atoms with Gasteiger partial charge in [0, 0.05) is 35.6 Å². The molecule has 0 unspecified atom stereocenters. The van der Waals surface area contributed by atoms with E-state index in [1.807, 2.05) is 55.6 Å². The molecule has 44 heavy (non-hydrogen) atoms. The predicted molar refractivity (Wildman–Crippen MR) is 170 cm³/mol. The van der Waals surface area contributed by atoms with E-state index in [-0.39, 0.29) is 24.7 Å². The summed E-state index contributed by atoms with van der Waals surface area (Å²) in [5.41, 5.74) is 5.41. The molecule has 2 aliphatic rings. The summed E-state index contributed by atoms with van der Waals surface area (Å²) >= 11 is 3.60. The van der Waals surface area contributed by atoms with Crippen LogP contribution in [-0.2, 0) is 5.54 Å². The van der Waals surface area contributed by atoms with Gasteiger partial charge in [-0.2, -0.15) is 9.61 Å². The molecule has 1 saturated carbocycles. The van der Waals surface area contributed by atoms with Gasteiger partial charge in [-0.15, -0.1) is 0 Å². The molecule has 2 amide bonds. The highest BCUT2D eigenvalue weighted by Crippen LogP contribution is 2.54. The molecule has 1 aliphatic carbocycles. The molecule has 3 aromatic carbocycles. The maximum Gasteiger partial charge on any atom is 0.262 e. The molecule has 0 spiro atoms. The molecule has 8 rings (SSSR count). The van der Waals surface area contributed by atoms with Crippen molar-refractivity contribution in [2.75, 3.05) is 0 Å². The Bertz CT molecular complexity index is 2130. The minimum Gasteiger partial charge on any atom is -0.390 e. The van der Waals surface area contributed by atoms with Gasteiger partial charge >= 0.3 is 0 Å². The van der Waals surface area contributed by atoms with E-state index in [2.05, 4.69) is 44.2 Å². The molecule has 3 aromatic heterocycles. The third-order valence-corrected chi connectivity index (χ3v) is 9.80. The summed E-state index contributed by atoms with van der Waals surface area (Å²) in [5, 5.41) is 16.4. The number of nitrogens with zero attached hydrogens (tertiary/aromatic N) is 5.